The number of hydrogen-bond donors (Lipinski definition) is 1. The molecule has 1 saturated heterocycles. The second-order valence-corrected chi connectivity index (χ2v) is 3.68. The summed E-state index contributed by atoms with van der Waals surface area (Å²) in [6.07, 6.45) is 2.38. The van der Waals surface area contributed by atoms with Crippen LogP contribution in [0.5, 0.6) is 0 Å². The average molecular weight is 215 g/mol. The van der Waals surface area contributed by atoms with Gasteiger partial charge in [-0.05, 0) is 19.3 Å². The van der Waals surface area contributed by atoms with E-state index >= 15 is 0 Å². The first-order valence-electron chi connectivity index (χ1n) is 5.18. The molecule has 1 heterocycles. The number of carbonyl (C=O) groups is 2. The van der Waals surface area contributed by atoms with E-state index in [1.807, 2.05) is 0 Å². The summed E-state index contributed by atoms with van der Waals surface area (Å²) in [5.74, 6) is -0.968. The summed E-state index contributed by atoms with van der Waals surface area (Å²) >= 11 is 0. The minimum Gasteiger partial charge on any atom is -0.480 e. The number of hydrogen-bond acceptors (Lipinski definition) is 3. The van der Waals surface area contributed by atoms with Crippen molar-refractivity contribution in [1.29, 1.82) is 0 Å². The molecule has 0 saturated carbocycles. The van der Waals surface area contributed by atoms with E-state index in [4.69, 9.17) is 9.84 Å². The van der Waals surface area contributed by atoms with Gasteiger partial charge in [0.2, 0.25) is 5.91 Å². The first-order chi connectivity index (χ1) is 7.16. The molecular formula is C10H17NO4. The number of amides is 1. The van der Waals surface area contributed by atoms with Gasteiger partial charge in [-0.3, -0.25) is 4.79 Å². The van der Waals surface area contributed by atoms with E-state index in [1.54, 1.807) is 7.11 Å². The first-order valence-corrected chi connectivity index (χ1v) is 5.18. The number of nitrogens with zero attached hydrogens (tertiary/aromatic N) is 1. The van der Waals surface area contributed by atoms with Crippen molar-refractivity contribution in [2.24, 2.45) is 0 Å². The highest BCUT2D eigenvalue weighted by atomic mass is 16.5. The quantitative estimate of drug-likeness (QED) is 0.678. The lowest BCUT2D eigenvalue weighted by Gasteiger charge is -2.21. The first kappa shape index (κ1) is 12.0. The molecule has 1 atom stereocenters. The number of carbonyl (C=O) groups excluding carboxylic acids is 1. The summed E-state index contributed by atoms with van der Waals surface area (Å²) in [6.45, 7) is 1.11. The number of rotatable bonds is 5. The Bertz CT molecular complexity index is 242. The molecule has 1 N–H and O–H groups in total. The van der Waals surface area contributed by atoms with Gasteiger partial charge < -0.3 is 14.7 Å². The summed E-state index contributed by atoms with van der Waals surface area (Å²) in [4.78, 5) is 23.9. The third-order valence-electron chi connectivity index (χ3n) is 2.60. The van der Waals surface area contributed by atoms with E-state index in [0.717, 1.165) is 6.42 Å². The van der Waals surface area contributed by atoms with Gasteiger partial charge in [0.25, 0.3) is 0 Å². The van der Waals surface area contributed by atoms with Crippen LogP contribution in [0.2, 0.25) is 0 Å². The van der Waals surface area contributed by atoms with Gasteiger partial charge in [0, 0.05) is 26.7 Å². The Balaban J connectivity index is 2.40. The Morgan fingerprint density at radius 1 is 1.53 bits per heavy atom. The minimum absolute atomic E-state index is 0.0723. The molecule has 0 aromatic carbocycles. The normalized spacial score (nSPS) is 20.6. The Kier molecular flexibility index (Phi) is 4.55. The molecule has 1 aliphatic heterocycles. The maximum absolute atomic E-state index is 11.6. The minimum atomic E-state index is -0.896. The molecule has 0 radical (unpaired) electrons. The number of aliphatic carboxylic acids is 1. The maximum Gasteiger partial charge on any atom is 0.326 e. The molecule has 86 valence electrons. The summed E-state index contributed by atoms with van der Waals surface area (Å²) < 4.78 is 4.84. The van der Waals surface area contributed by atoms with E-state index in [0.29, 0.717) is 32.4 Å². The van der Waals surface area contributed by atoms with E-state index in [1.165, 1.54) is 4.90 Å². The summed E-state index contributed by atoms with van der Waals surface area (Å²) in [5, 5.41) is 8.89. The molecule has 15 heavy (non-hydrogen) atoms. The second kappa shape index (κ2) is 5.70. The molecule has 1 fully saturated rings. The molecular weight excluding hydrogens is 198 g/mol. The van der Waals surface area contributed by atoms with Gasteiger partial charge in [-0.25, -0.2) is 4.79 Å². The molecule has 1 rings (SSSR count). The van der Waals surface area contributed by atoms with Crippen LogP contribution in [0.1, 0.15) is 25.7 Å². The van der Waals surface area contributed by atoms with Gasteiger partial charge >= 0.3 is 5.97 Å². The van der Waals surface area contributed by atoms with Crippen molar-refractivity contribution in [2.45, 2.75) is 31.7 Å². The molecule has 5 heteroatoms. The number of methoxy groups -OCH3 is 1. The zero-order valence-corrected chi connectivity index (χ0v) is 8.94. The van der Waals surface area contributed by atoms with Gasteiger partial charge in [-0.15, -0.1) is 0 Å². The van der Waals surface area contributed by atoms with Crippen LogP contribution in [-0.2, 0) is 14.3 Å². The van der Waals surface area contributed by atoms with E-state index in [9.17, 15) is 9.59 Å². The standard InChI is InChI=1S/C10H17NO4/c1-15-7-3-5-9(12)11-6-2-4-8(11)10(13)14/h8H,2-7H2,1H3,(H,13,14)/t8-/m1/s1. The molecule has 1 amide bonds. The van der Waals surface area contributed by atoms with Crippen LogP contribution >= 0.6 is 0 Å². The molecule has 5 nitrogen and oxygen atoms in total. The number of carboxylic acid groups (broad SMARTS) is 1. The van der Waals surface area contributed by atoms with Crippen molar-refractivity contribution in [3.8, 4) is 0 Å². The number of ether oxygens (including phenoxy) is 1. The Morgan fingerprint density at radius 3 is 2.87 bits per heavy atom. The van der Waals surface area contributed by atoms with Crippen molar-refractivity contribution in [2.75, 3.05) is 20.3 Å². The van der Waals surface area contributed by atoms with Gasteiger partial charge in [0.15, 0.2) is 0 Å². The Labute approximate surface area is 89.0 Å². The zero-order valence-electron chi connectivity index (χ0n) is 8.94. The summed E-state index contributed by atoms with van der Waals surface area (Å²) in [5.41, 5.74) is 0. The van der Waals surface area contributed by atoms with Gasteiger partial charge in [0.1, 0.15) is 6.04 Å². The zero-order chi connectivity index (χ0) is 11.3. The third kappa shape index (κ3) is 3.20. The summed E-state index contributed by atoms with van der Waals surface area (Å²) in [6, 6.07) is -0.611. The highest BCUT2D eigenvalue weighted by Crippen LogP contribution is 2.18. The molecule has 0 aromatic rings. The SMILES string of the molecule is COCCCC(=O)N1CCC[C@@H]1C(=O)O. The van der Waals surface area contributed by atoms with Crippen molar-refractivity contribution in [1.82, 2.24) is 4.90 Å². The summed E-state index contributed by atoms with van der Waals surface area (Å²) in [7, 11) is 1.58. The highest BCUT2D eigenvalue weighted by molar-refractivity contribution is 5.84. The fraction of sp³-hybridized carbons (Fsp3) is 0.800. The predicted molar refractivity (Wildman–Crippen MR) is 53.5 cm³/mol. The lowest BCUT2D eigenvalue weighted by Crippen LogP contribution is -2.40. The Morgan fingerprint density at radius 2 is 2.27 bits per heavy atom. The second-order valence-electron chi connectivity index (χ2n) is 3.68. The van der Waals surface area contributed by atoms with E-state index < -0.39 is 12.0 Å². The van der Waals surface area contributed by atoms with Crippen molar-refractivity contribution in [3.63, 3.8) is 0 Å². The topological polar surface area (TPSA) is 66.8 Å². The van der Waals surface area contributed by atoms with Crippen molar-refractivity contribution in [3.05, 3.63) is 0 Å². The highest BCUT2D eigenvalue weighted by Gasteiger charge is 2.33. The molecule has 0 unspecified atom stereocenters. The molecule has 1 aliphatic rings. The molecule has 0 aliphatic carbocycles. The Hall–Kier alpha value is -1.10. The van der Waals surface area contributed by atoms with Gasteiger partial charge in [-0.2, -0.15) is 0 Å². The number of likely N-dealkylation sites (tertiary alicyclic amines) is 1. The van der Waals surface area contributed by atoms with Crippen molar-refractivity contribution >= 4 is 11.9 Å². The van der Waals surface area contributed by atoms with Crippen LogP contribution in [0.25, 0.3) is 0 Å². The van der Waals surface area contributed by atoms with Crippen LogP contribution in [0.3, 0.4) is 0 Å². The fourth-order valence-electron chi connectivity index (χ4n) is 1.83. The van der Waals surface area contributed by atoms with Crippen molar-refractivity contribution < 1.29 is 19.4 Å². The fourth-order valence-corrected chi connectivity index (χ4v) is 1.83. The van der Waals surface area contributed by atoms with Gasteiger partial charge in [-0.1, -0.05) is 0 Å². The van der Waals surface area contributed by atoms with Crippen LogP contribution in [-0.4, -0.2) is 48.2 Å². The van der Waals surface area contributed by atoms with Crippen LogP contribution < -0.4 is 0 Å². The smallest absolute Gasteiger partial charge is 0.326 e. The van der Waals surface area contributed by atoms with E-state index in [-0.39, 0.29) is 5.91 Å². The van der Waals surface area contributed by atoms with Gasteiger partial charge in [0.05, 0.1) is 0 Å². The van der Waals surface area contributed by atoms with E-state index in [2.05, 4.69) is 0 Å². The molecule has 0 bridgehead atoms. The largest absolute Gasteiger partial charge is 0.480 e. The number of carboxylic acids is 1. The predicted octanol–water partition coefficient (Wildman–Crippen LogP) is 0.489. The average Bonchev–Trinajstić information content (AvgIpc) is 2.66. The van der Waals surface area contributed by atoms with Crippen LogP contribution in [0.4, 0.5) is 0 Å². The lowest BCUT2D eigenvalue weighted by molar-refractivity contribution is -0.148. The maximum atomic E-state index is 11.6. The lowest BCUT2D eigenvalue weighted by atomic mass is 10.2. The molecule has 0 spiro atoms. The molecule has 0 aromatic heterocycles. The van der Waals surface area contributed by atoms with Crippen LogP contribution in [0.15, 0.2) is 0 Å². The monoisotopic (exact) mass is 215 g/mol. The van der Waals surface area contributed by atoms with Crippen LogP contribution in [0, 0.1) is 0 Å². The third-order valence-corrected chi connectivity index (χ3v) is 2.60.